The van der Waals surface area contributed by atoms with E-state index < -0.39 is 5.60 Å². The van der Waals surface area contributed by atoms with E-state index in [9.17, 15) is 4.79 Å². The summed E-state index contributed by atoms with van der Waals surface area (Å²) in [6.45, 7) is 7.46. The minimum atomic E-state index is -0.587. The van der Waals surface area contributed by atoms with E-state index in [-0.39, 0.29) is 5.97 Å². The average Bonchev–Trinajstić information content (AvgIpc) is 2.77. The van der Waals surface area contributed by atoms with Gasteiger partial charge in [0.15, 0.2) is 5.60 Å². The molecule has 20 heavy (non-hydrogen) atoms. The summed E-state index contributed by atoms with van der Waals surface area (Å²) < 4.78 is 5.75. The smallest absolute Gasteiger partial charge is 0.303 e. The lowest BCUT2D eigenvalue weighted by molar-refractivity contribution is -0.153. The predicted octanol–water partition coefficient (Wildman–Crippen LogP) is 4.39. The van der Waals surface area contributed by atoms with Crippen LogP contribution < -0.4 is 0 Å². The number of benzene rings is 1. The van der Waals surface area contributed by atoms with Crippen molar-refractivity contribution in [2.45, 2.75) is 45.1 Å². The largest absolute Gasteiger partial charge is 0.450 e. The van der Waals surface area contributed by atoms with Crippen LogP contribution >= 0.6 is 0 Å². The van der Waals surface area contributed by atoms with Gasteiger partial charge in [0.25, 0.3) is 0 Å². The van der Waals surface area contributed by atoms with Gasteiger partial charge in [-0.1, -0.05) is 43.7 Å². The van der Waals surface area contributed by atoms with Crippen LogP contribution in [-0.4, -0.2) is 5.97 Å². The first-order valence-corrected chi connectivity index (χ1v) is 7.25. The summed E-state index contributed by atoms with van der Waals surface area (Å²) in [6.07, 6.45) is 9.74. The van der Waals surface area contributed by atoms with Crippen molar-refractivity contribution in [1.29, 1.82) is 0 Å². The van der Waals surface area contributed by atoms with Gasteiger partial charge in [0.05, 0.1) is 0 Å². The number of hydrogen-bond acceptors (Lipinski definition) is 2. The number of allylic oxidation sites excluding steroid dienone is 1. The fraction of sp³-hybridized carbons (Fsp3) is 0.389. The van der Waals surface area contributed by atoms with Crippen molar-refractivity contribution >= 4 is 12.0 Å². The summed E-state index contributed by atoms with van der Waals surface area (Å²) in [4.78, 5) is 11.6. The van der Waals surface area contributed by atoms with E-state index in [0.717, 1.165) is 36.8 Å². The third kappa shape index (κ3) is 2.69. The van der Waals surface area contributed by atoms with E-state index in [4.69, 9.17) is 4.74 Å². The van der Waals surface area contributed by atoms with Crippen LogP contribution in [0.25, 0.3) is 6.08 Å². The third-order valence-electron chi connectivity index (χ3n) is 3.73. The highest BCUT2D eigenvalue weighted by Crippen LogP contribution is 2.43. The first-order valence-electron chi connectivity index (χ1n) is 7.25. The molecule has 1 aromatic carbocycles. The maximum Gasteiger partial charge on any atom is 0.303 e. The summed E-state index contributed by atoms with van der Waals surface area (Å²) in [5.74, 6) is -0.230. The highest BCUT2D eigenvalue weighted by atomic mass is 16.6. The Morgan fingerprint density at radius 1 is 1.45 bits per heavy atom. The number of fused-ring (bicyclic) bond motifs is 1. The molecule has 1 atom stereocenters. The lowest BCUT2D eigenvalue weighted by atomic mass is 9.85. The Kier molecular flexibility index (Phi) is 4.43. The molecule has 1 aromatic rings. The molecular formula is C18H22O2. The maximum atomic E-state index is 11.6. The van der Waals surface area contributed by atoms with Crippen molar-refractivity contribution in [3.8, 4) is 0 Å². The molecule has 2 rings (SSSR count). The second-order valence-electron chi connectivity index (χ2n) is 5.29. The summed E-state index contributed by atoms with van der Waals surface area (Å²) in [5, 5.41) is 0. The standard InChI is InChI=1S/C18H22O2/c1-4-6-12-18(20-14(3)19)13-11-16-10-7-9-15(8-5-2)17(16)18/h5,7,9-11,13H,2,4,6,8,12H2,1,3H3. The average molecular weight is 270 g/mol. The Balaban J connectivity index is 2.49. The molecule has 0 bridgehead atoms. The minimum Gasteiger partial charge on any atom is -0.450 e. The molecule has 1 unspecified atom stereocenters. The molecule has 0 amide bonds. The van der Waals surface area contributed by atoms with Crippen molar-refractivity contribution in [2.24, 2.45) is 0 Å². The molecule has 0 aliphatic heterocycles. The third-order valence-corrected chi connectivity index (χ3v) is 3.73. The first kappa shape index (κ1) is 14.6. The number of unbranched alkanes of at least 4 members (excludes halogenated alkanes) is 1. The van der Waals surface area contributed by atoms with E-state index in [0.29, 0.717) is 0 Å². The quantitative estimate of drug-likeness (QED) is 0.566. The molecule has 0 radical (unpaired) electrons. The Hall–Kier alpha value is -1.83. The van der Waals surface area contributed by atoms with Gasteiger partial charge in [0.1, 0.15) is 0 Å². The van der Waals surface area contributed by atoms with Gasteiger partial charge in [-0.15, -0.1) is 6.58 Å². The zero-order chi connectivity index (χ0) is 14.6. The fourth-order valence-corrected chi connectivity index (χ4v) is 2.95. The number of esters is 1. The molecule has 0 aromatic heterocycles. The lowest BCUT2D eigenvalue weighted by Crippen LogP contribution is -2.29. The van der Waals surface area contributed by atoms with Gasteiger partial charge in [0.2, 0.25) is 0 Å². The molecule has 0 spiro atoms. The van der Waals surface area contributed by atoms with E-state index in [2.05, 4.69) is 31.7 Å². The molecule has 0 N–H and O–H groups in total. The van der Waals surface area contributed by atoms with Crippen LogP contribution in [0.2, 0.25) is 0 Å². The van der Waals surface area contributed by atoms with Crippen molar-refractivity contribution in [1.82, 2.24) is 0 Å². The van der Waals surface area contributed by atoms with Gasteiger partial charge < -0.3 is 4.74 Å². The molecule has 2 heteroatoms. The second kappa shape index (κ2) is 6.08. The van der Waals surface area contributed by atoms with Gasteiger partial charge in [0, 0.05) is 12.5 Å². The Morgan fingerprint density at radius 3 is 2.90 bits per heavy atom. The van der Waals surface area contributed by atoms with Crippen molar-refractivity contribution in [3.63, 3.8) is 0 Å². The Bertz CT molecular complexity index is 542. The zero-order valence-corrected chi connectivity index (χ0v) is 12.3. The van der Waals surface area contributed by atoms with E-state index >= 15 is 0 Å². The highest BCUT2D eigenvalue weighted by Gasteiger charge is 2.39. The summed E-state index contributed by atoms with van der Waals surface area (Å²) in [6, 6.07) is 6.22. The van der Waals surface area contributed by atoms with Crippen molar-refractivity contribution < 1.29 is 9.53 Å². The van der Waals surface area contributed by atoms with Crippen LogP contribution in [-0.2, 0) is 21.6 Å². The summed E-state index contributed by atoms with van der Waals surface area (Å²) in [7, 11) is 0. The maximum absolute atomic E-state index is 11.6. The van der Waals surface area contributed by atoms with E-state index in [1.807, 2.05) is 18.2 Å². The van der Waals surface area contributed by atoms with Gasteiger partial charge in [-0.2, -0.15) is 0 Å². The lowest BCUT2D eigenvalue weighted by Gasteiger charge is -2.30. The number of hydrogen-bond donors (Lipinski definition) is 0. The Morgan fingerprint density at radius 2 is 2.25 bits per heavy atom. The van der Waals surface area contributed by atoms with Crippen LogP contribution in [0.4, 0.5) is 0 Å². The topological polar surface area (TPSA) is 26.3 Å². The molecule has 0 fully saturated rings. The summed E-state index contributed by atoms with van der Waals surface area (Å²) in [5.41, 5.74) is 2.90. The zero-order valence-electron chi connectivity index (χ0n) is 12.3. The first-order chi connectivity index (χ1) is 9.63. The molecule has 0 saturated heterocycles. The normalized spacial score (nSPS) is 19.7. The minimum absolute atomic E-state index is 0.230. The monoisotopic (exact) mass is 270 g/mol. The van der Waals surface area contributed by atoms with Crippen LogP contribution in [0.1, 0.15) is 49.8 Å². The van der Waals surface area contributed by atoms with Crippen molar-refractivity contribution in [3.05, 3.63) is 53.6 Å². The molecule has 106 valence electrons. The predicted molar refractivity (Wildman–Crippen MR) is 82.3 cm³/mol. The van der Waals surface area contributed by atoms with Crippen LogP contribution in [0.3, 0.4) is 0 Å². The van der Waals surface area contributed by atoms with E-state index in [1.54, 1.807) is 0 Å². The van der Waals surface area contributed by atoms with Crippen LogP contribution in [0, 0.1) is 0 Å². The second-order valence-corrected chi connectivity index (χ2v) is 5.29. The Labute approximate surface area is 121 Å². The number of ether oxygens (including phenoxy) is 1. The molecule has 0 heterocycles. The SMILES string of the molecule is C=CCc1cccc2c1C(CCCC)(OC(C)=O)C=C2. The van der Waals surface area contributed by atoms with Gasteiger partial charge >= 0.3 is 5.97 Å². The van der Waals surface area contributed by atoms with Crippen molar-refractivity contribution in [2.75, 3.05) is 0 Å². The van der Waals surface area contributed by atoms with Gasteiger partial charge in [-0.05, 0) is 36.5 Å². The molecule has 0 saturated carbocycles. The summed E-state index contributed by atoms with van der Waals surface area (Å²) >= 11 is 0. The highest BCUT2D eigenvalue weighted by molar-refractivity contribution is 5.72. The van der Waals surface area contributed by atoms with Gasteiger partial charge in [-0.3, -0.25) is 4.79 Å². The van der Waals surface area contributed by atoms with Gasteiger partial charge in [-0.25, -0.2) is 0 Å². The number of carbonyl (C=O) groups is 1. The number of rotatable bonds is 6. The molecule has 2 nitrogen and oxygen atoms in total. The van der Waals surface area contributed by atoms with Crippen LogP contribution in [0.15, 0.2) is 36.9 Å². The van der Waals surface area contributed by atoms with Crippen LogP contribution in [0.5, 0.6) is 0 Å². The number of carbonyl (C=O) groups excluding carboxylic acids is 1. The molecular weight excluding hydrogens is 248 g/mol. The fourth-order valence-electron chi connectivity index (χ4n) is 2.95. The molecule has 1 aliphatic rings. The van der Waals surface area contributed by atoms with E-state index in [1.165, 1.54) is 12.5 Å². The molecule has 1 aliphatic carbocycles.